The molecule has 4 aliphatic rings. The van der Waals surface area contributed by atoms with Crippen LogP contribution in [0.1, 0.15) is 67.4 Å². The van der Waals surface area contributed by atoms with Gasteiger partial charge >= 0.3 is 12.1 Å². The van der Waals surface area contributed by atoms with Crippen LogP contribution in [-0.4, -0.2) is 108 Å². The molecule has 5 N–H and O–H groups in total. The average Bonchev–Trinajstić information content (AvgIpc) is 3.25. The Balaban J connectivity index is 0.804. The van der Waals surface area contributed by atoms with Crippen LogP contribution in [0.3, 0.4) is 0 Å². The standard InChI is InChI=1S/C44H53N5O9/c50-36-13-11-34(35-12-14-39(52)46-42(35)36)37(51)26-45-19-4-5-24-56-43(54)31-17-22-49(23-18-31)40(53)28-57-33-10-6-9-32(25-33)41(30-7-2-1-3-8-30)47-44(55)58-38-27-48-20-15-29(38)16-21-48/h1-3,6-14,25,29,31,37-38,41,45,50-51H,4-5,15-24,26-28H2,(H,46,52)(H,47,55)/t37-,38-,41?/m0/s1. The van der Waals surface area contributed by atoms with Gasteiger partial charge in [0.15, 0.2) is 6.61 Å². The number of piperidine rings is 4. The number of aromatic nitrogens is 1. The minimum absolute atomic E-state index is 0.0585. The highest BCUT2D eigenvalue weighted by Crippen LogP contribution is 2.31. The van der Waals surface area contributed by atoms with Gasteiger partial charge in [0.1, 0.15) is 17.6 Å². The molecule has 2 amide bonds. The smallest absolute Gasteiger partial charge is 0.408 e. The number of hydrogen-bond acceptors (Lipinski definition) is 11. The molecule has 14 heteroatoms. The molecule has 4 saturated heterocycles. The average molecular weight is 796 g/mol. The van der Waals surface area contributed by atoms with E-state index in [1.165, 1.54) is 12.1 Å². The molecule has 0 saturated carbocycles. The number of carbonyl (C=O) groups is 3. The molecule has 8 rings (SSSR count). The molecule has 0 spiro atoms. The first-order valence-corrected chi connectivity index (χ1v) is 20.4. The molecule has 308 valence electrons. The minimum atomic E-state index is -0.847. The summed E-state index contributed by atoms with van der Waals surface area (Å²) in [5.74, 6) is 0.157. The third-order valence-corrected chi connectivity index (χ3v) is 11.6. The number of unbranched alkanes of at least 4 members (excludes halogenated alkanes) is 1. The summed E-state index contributed by atoms with van der Waals surface area (Å²) in [7, 11) is 0. The van der Waals surface area contributed by atoms with Crippen LogP contribution in [0.2, 0.25) is 0 Å². The highest BCUT2D eigenvalue weighted by atomic mass is 16.6. The second-order valence-electron chi connectivity index (χ2n) is 15.5. The number of nitrogens with one attached hydrogen (secondary N) is 3. The summed E-state index contributed by atoms with van der Waals surface area (Å²) < 4.78 is 17.5. The highest BCUT2D eigenvalue weighted by molar-refractivity contribution is 5.87. The van der Waals surface area contributed by atoms with Crippen LogP contribution in [0, 0.1) is 11.8 Å². The van der Waals surface area contributed by atoms with Crippen LogP contribution >= 0.6 is 0 Å². The van der Waals surface area contributed by atoms with E-state index >= 15 is 0 Å². The lowest BCUT2D eigenvalue weighted by Gasteiger charge is -2.43. The maximum absolute atomic E-state index is 13.2. The van der Waals surface area contributed by atoms with E-state index in [2.05, 4.69) is 20.5 Å². The summed E-state index contributed by atoms with van der Waals surface area (Å²) >= 11 is 0. The van der Waals surface area contributed by atoms with Gasteiger partial charge in [-0.05, 0) is 105 Å². The van der Waals surface area contributed by atoms with Crippen LogP contribution in [0.4, 0.5) is 4.79 Å². The zero-order valence-corrected chi connectivity index (χ0v) is 32.6. The molecule has 58 heavy (non-hydrogen) atoms. The van der Waals surface area contributed by atoms with Gasteiger partial charge in [0.25, 0.3) is 5.91 Å². The number of pyridine rings is 1. The first-order chi connectivity index (χ1) is 28.2. The van der Waals surface area contributed by atoms with Crippen molar-refractivity contribution < 1.29 is 38.8 Å². The predicted molar refractivity (Wildman–Crippen MR) is 216 cm³/mol. The Labute approximate surface area is 337 Å². The molecule has 3 atom stereocenters. The lowest BCUT2D eigenvalue weighted by atomic mass is 9.86. The Kier molecular flexibility index (Phi) is 13.6. The van der Waals surface area contributed by atoms with Crippen molar-refractivity contribution in [2.75, 3.05) is 59.0 Å². The van der Waals surface area contributed by atoms with Gasteiger partial charge in [0.2, 0.25) is 5.56 Å². The second-order valence-corrected chi connectivity index (χ2v) is 15.5. The number of esters is 1. The second kappa shape index (κ2) is 19.3. The van der Waals surface area contributed by atoms with E-state index in [0.29, 0.717) is 61.5 Å². The Morgan fingerprint density at radius 2 is 1.66 bits per heavy atom. The van der Waals surface area contributed by atoms with Crippen LogP contribution < -0.4 is 20.9 Å². The number of likely N-dealkylation sites (tertiary alicyclic amines) is 1. The van der Waals surface area contributed by atoms with Crippen LogP contribution in [0.25, 0.3) is 10.9 Å². The fraction of sp³-hybridized carbons (Fsp3) is 0.455. The van der Waals surface area contributed by atoms with Gasteiger partial charge in [-0.3, -0.25) is 19.3 Å². The van der Waals surface area contributed by atoms with E-state index in [0.717, 1.165) is 50.0 Å². The van der Waals surface area contributed by atoms with Gasteiger partial charge in [-0.1, -0.05) is 48.5 Å². The summed E-state index contributed by atoms with van der Waals surface area (Å²) in [5, 5.41) is 27.7. The first kappa shape index (κ1) is 40.7. The maximum atomic E-state index is 13.2. The van der Waals surface area contributed by atoms with E-state index in [1.54, 1.807) is 23.1 Å². The number of ether oxygens (including phenoxy) is 3. The molecule has 4 aromatic rings. The van der Waals surface area contributed by atoms with Crippen molar-refractivity contribution in [2.45, 2.75) is 56.8 Å². The highest BCUT2D eigenvalue weighted by Gasteiger charge is 2.37. The molecule has 0 radical (unpaired) electrons. The van der Waals surface area contributed by atoms with Crippen molar-refractivity contribution in [1.29, 1.82) is 0 Å². The molecule has 4 fully saturated rings. The lowest BCUT2D eigenvalue weighted by Crippen LogP contribution is -2.52. The van der Waals surface area contributed by atoms with Crippen molar-refractivity contribution in [1.82, 2.24) is 25.4 Å². The van der Waals surface area contributed by atoms with Gasteiger partial charge in [0.05, 0.1) is 30.2 Å². The van der Waals surface area contributed by atoms with Crippen LogP contribution in [0.5, 0.6) is 11.5 Å². The van der Waals surface area contributed by atoms with Crippen molar-refractivity contribution in [2.24, 2.45) is 11.8 Å². The number of aliphatic hydroxyl groups is 1. The molecule has 4 aliphatic heterocycles. The summed E-state index contributed by atoms with van der Waals surface area (Å²) in [6.45, 7) is 4.78. The first-order valence-electron chi connectivity index (χ1n) is 20.4. The number of H-pyrrole nitrogens is 1. The van der Waals surface area contributed by atoms with E-state index in [1.807, 2.05) is 48.5 Å². The Morgan fingerprint density at radius 1 is 0.879 bits per heavy atom. The van der Waals surface area contributed by atoms with Gasteiger partial charge in [-0.25, -0.2) is 4.79 Å². The minimum Gasteiger partial charge on any atom is -0.506 e. The van der Waals surface area contributed by atoms with Crippen molar-refractivity contribution in [3.8, 4) is 11.5 Å². The van der Waals surface area contributed by atoms with Crippen molar-refractivity contribution in [3.05, 3.63) is 106 Å². The number of aliphatic hydroxyl groups excluding tert-OH is 1. The molecule has 14 nitrogen and oxygen atoms in total. The molecule has 0 aliphatic carbocycles. The number of hydrogen-bond donors (Lipinski definition) is 5. The number of alkyl carbamates (subject to hydrolysis) is 1. The number of phenolic OH excluding ortho intramolecular Hbond substituents is 1. The van der Waals surface area contributed by atoms with Crippen molar-refractivity contribution >= 4 is 28.9 Å². The number of phenols is 1. The fourth-order valence-corrected chi connectivity index (χ4v) is 8.26. The Bertz CT molecular complexity index is 2080. The molecular weight excluding hydrogens is 743 g/mol. The lowest BCUT2D eigenvalue weighted by molar-refractivity contribution is -0.152. The van der Waals surface area contributed by atoms with Gasteiger partial charge < -0.3 is 44.9 Å². The summed E-state index contributed by atoms with van der Waals surface area (Å²) in [5.41, 5.74) is 2.25. The number of rotatable bonds is 16. The third kappa shape index (κ3) is 10.3. The van der Waals surface area contributed by atoms with Crippen LogP contribution in [-0.2, 0) is 19.1 Å². The zero-order valence-electron chi connectivity index (χ0n) is 32.6. The molecular formula is C44H53N5O9. The third-order valence-electron chi connectivity index (χ3n) is 11.6. The number of amides is 2. The summed E-state index contributed by atoms with van der Waals surface area (Å²) in [6, 6.07) is 22.6. The fourth-order valence-electron chi connectivity index (χ4n) is 8.26. The number of benzene rings is 3. The topological polar surface area (TPSA) is 183 Å². The van der Waals surface area contributed by atoms with Crippen LogP contribution in [0.15, 0.2) is 83.7 Å². The number of aromatic amines is 1. The summed E-state index contributed by atoms with van der Waals surface area (Å²) in [6.07, 6.45) is 3.10. The maximum Gasteiger partial charge on any atom is 0.408 e. The largest absolute Gasteiger partial charge is 0.506 e. The SMILES string of the molecule is O=C(NC(c1ccccc1)c1cccc(OCC(=O)N2CCC(C(=O)OCCCCNC[C@H](O)c3ccc(O)c4[nH]c(=O)ccc34)CC2)c1)O[C@H]1CN2CCC1CC2. The van der Waals surface area contributed by atoms with Gasteiger partial charge in [-0.2, -0.15) is 0 Å². The zero-order chi connectivity index (χ0) is 40.4. The van der Waals surface area contributed by atoms with E-state index < -0.39 is 18.2 Å². The predicted octanol–water partition coefficient (Wildman–Crippen LogP) is 4.41. The molecule has 3 aromatic carbocycles. The van der Waals surface area contributed by atoms with E-state index in [9.17, 15) is 29.4 Å². The molecule has 5 heterocycles. The normalized spacial score (nSPS) is 20.3. The number of carbonyl (C=O) groups excluding carboxylic acids is 3. The Morgan fingerprint density at radius 3 is 2.41 bits per heavy atom. The Hall–Kier alpha value is -5.44. The summed E-state index contributed by atoms with van der Waals surface area (Å²) in [4.78, 5) is 57.5. The van der Waals surface area contributed by atoms with E-state index in [-0.39, 0.29) is 60.5 Å². The molecule has 2 bridgehead atoms. The van der Waals surface area contributed by atoms with Gasteiger partial charge in [0, 0.05) is 37.6 Å². The van der Waals surface area contributed by atoms with Gasteiger partial charge in [-0.15, -0.1) is 0 Å². The number of aromatic hydroxyl groups is 1. The number of fused-ring (bicyclic) bond motifs is 4. The molecule has 1 aromatic heterocycles. The molecule has 1 unspecified atom stereocenters. The van der Waals surface area contributed by atoms with E-state index in [4.69, 9.17) is 14.2 Å². The number of nitrogens with zero attached hydrogens (tertiary/aromatic N) is 2. The monoisotopic (exact) mass is 795 g/mol. The quantitative estimate of drug-likeness (QED) is 0.0801. The van der Waals surface area contributed by atoms with Crippen molar-refractivity contribution in [3.63, 3.8) is 0 Å².